The Balaban J connectivity index is 4.12. The number of carbonyl (C=O) groups excluding carboxylic acids is 1. The lowest BCUT2D eigenvalue weighted by molar-refractivity contribution is -0.870. The third kappa shape index (κ3) is 56.2. The van der Waals surface area contributed by atoms with Crippen LogP contribution in [0.1, 0.15) is 296 Å². The summed E-state index contributed by atoms with van der Waals surface area (Å²) < 4.78 is 23.7. The van der Waals surface area contributed by atoms with Gasteiger partial charge < -0.3 is 19.8 Å². The van der Waals surface area contributed by atoms with E-state index in [0.29, 0.717) is 17.4 Å². The van der Waals surface area contributed by atoms with Crippen molar-refractivity contribution in [3.63, 3.8) is 0 Å². The van der Waals surface area contributed by atoms with Crippen LogP contribution in [0.5, 0.6) is 0 Å². The van der Waals surface area contributed by atoms with Gasteiger partial charge in [-0.05, 0) is 57.8 Å². The molecule has 8 nitrogen and oxygen atoms in total. The molecule has 0 bridgehead atoms. The number of aliphatic hydroxyl groups is 1. The van der Waals surface area contributed by atoms with E-state index in [1.807, 2.05) is 27.2 Å². The van der Waals surface area contributed by atoms with Gasteiger partial charge in [0.15, 0.2) is 0 Å². The zero-order valence-corrected chi connectivity index (χ0v) is 49.3. The molecule has 0 saturated carbocycles. The van der Waals surface area contributed by atoms with Gasteiger partial charge >= 0.3 is 7.82 Å². The molecule has 0 saturated heterocycles. The number of quaternary nitrogens is 1. The van der Waals surface area contributed by atoms with Crippen molar-refractivity contribution in [3.05, 3.63) is 48.6 Å². The number of amides is 1. The van der Waals surface area contributed by atoms with Crippen molar-refractivity contribution in [2.24, 2.45) is 0 Å². The van der Waals surface area contributed by atoms with Gasteiger partial charge in [-0.3, -0.25) is 13.8 Å². The van der Waals surface area contributed by atoms with Crippen LogP contribution in [-0.2, 0) is 18.4 Å². The first-order valence-corrected chi connectivity index (χ1v) is 32.5. The third-order valence-corrected chi connectivity index (χ3v) is 15.0. The molecular formula is C63H122N2O6P+. The molecule has 3 atom stereocenters. The molecule has 0 aromatic carbocycles. The number of allylic oxidation sites excluding steroid dienone is 7. The highest BCUT2D eigenvalue weighted by Gasteiger charge is 2.27. The van der Waals surface area contributed by atoms with Gasteiger partial charge in [0.25, 0.3) is 0 Å². The van der Waals surface area contributed by atoms with Crippen LogP contribution in [0.3, 0.4) is 0 Å². The van der Waals surface area contributed by atoms with Gasteiger partial charge in [0, 0.05) is 6.42 Å². The van der Waals surface area contributed by atoms with E-state index in [0.717, 1.165) is 64.2 Å². The molecule has 0 rings (SSSR count). The highest BCUT2D eigenvalue weighted by molar-refractivity contribution is 7.47. The summed E-state index contributed by atoms with van der Waals surface area (Å²) in [5.74, 6) is -0.187. The number of nitrogens with one attached hydrogen (secondary N) is 1. The normalized spacial score (nSPS) is 14.2. The van der Waals surface area contributed by atoms with Crippen molar-refractivity contribution in [3.8, 4) is 0 Å². The summed E-state index contributed by atoms with van der Waals surface area (Å²) >= 11 is 0. The minimum atomic E-state index is -4.35. The fourth-order valence-electron chi connectivity index (χ4n) is 9.17. The van der Waals surface area contributed by atoms with Gasteiger partial charge in [-0.2, -0.15) is 0 Å². The molecule has 0 fully saturated rings. The second-order valence-corrected chi connectivity index (χ2v) is 23.9. The summed E-state index contributed by atoms with van der Waals surface area (Å²) in [5.41, 5.74) is 0. The van der Waals surface area contributed by atoms with Crippen LogP contribution in [-0.4, -0.2) is 73.4 Å². The van der Waals surface area contributed by atoms with Crippen molar-refractivity contribution in [2.45, 2.75) is 309 Å². The van der Waals surface area contributed by atoms with E-state index in [-0.39, 0.29) is 19.1 Å². The van der Waals surface area contributed by atoms with Gasteiger partial charge in [0.2, 0.25) is 5.91 Å². The topological polar surface area (TPSA) is 105 Å². The predicted octanol–water partition coefficient (Wildman–Crippen LogP) is 19.1. The SMILES string of the molecule is CCCCC/C=C\C/C=C\C/C=C\CCCCCCCCC(=O)NC(COP(=O)(O)OCC[N+](C)(C)C)C(O)/C=C/CCCCCCCCCCCCCCCCCCCCCCCCCCCCCCC. The summed E-state index contributed by atoms with van der Waals surface area (Å²) in [6.45, 7) is 4.81. The van der Waals surface area contributed by atoms with Crippen LogP contribution < -0.4 is 5.32 Å². The molecule has 0 radical (unpaired) electrons. The average Bonchev–Trinajstić information content (AvgIpc) is 3.34. The van der Waals surface area contributed by atoms with E-state index in [9.17, 15) is 19.4 Å². The van der Waals surface area contributed by atoms with Crippen LogP contribution in [0.4, 0.5) is 0 Å². The summed E-state index contributed by atoms with van der Waals surface area (Å²) in [7, 11) is 1.57. The van der Waals surface area contributed by atoms with E-state index in [2.05, 4.69) is 55.6 Å². The highest BCUT2D eigenvalue weighted by Crippen LogP contribution is 2.43. The molecule has 3 unspecified atom stereocenters. The average molecular weight is 1030 g/mol. The monoisotopic (exact) mass is 1030 g/mol. The number of phosphoric ester groups is 1. The minimum Gasteiger partial charge on any atom is -0.387 e. The molecular weight excluding hydrogens is 912 g/mol. The van der Waals surface area contributed by atoms with Crippen molar-refractivity contribution in [2.75, 3.05) is 40.9 Å². The lowest BCUT2D eigenvalue weighted by Crippen LogP contribution is -2.45. The third-order valence-electron chi connectivity index (χ3n) is 14.0. The van der Waals surface area contributed by atoms with Crippen molar-refractivity contribution in [1.29, 1.82) is 0 Å². The zero-order valence-electron chi connectivity index (χ0n) is 48.4. The van der Waals surface area contributed by atoms with E-state index in [1.54, 1.807) is 6.08 Å². The van der Waals surface area contributed by atoms with E-state index in [1.165, 1.54) is 212 Å². The molecule has 0 aliphatic carbocycles. The van der Waals surface area contributed by atoms with Crippen LogP contribution in [0.2, 0.25) is 0 Å². The van der Waals surface area contributed by atoms with Crippen LogP contribution in [0.25, 0.3) is 0 Å². The molecule has 0 aliphatic rings. The highest BCUT2D eigenvalue weighted by atomic mass is 31.2. The maximum atomic E-state index is 13.0. The summed E-state index contributed by atoms with van der Waals surface area (Å²) in [5, 5.41) is 14.0. The van der Waals surface area contributed by atoms with Gasteiger partial charge in [0.1, 0.15) is 13.2 Å². The number of aliphatic hydroxyl groups excluding tert-OH is 1. The molecule has 9 heteroatoms. The zero-order chi connectivity index (χ0) is 52.7. The number of hydrogen-bond donors (Lipinski definition) is 3. The number of nitrogens with zero attached hydrogens (tertiary/aromatic N) is 1. The van der Waals surface area contributed by atoms with Crippen molar-refractivity contribution < 1.29 is 32.9 Å². The predicted molar refractivity (Wildman–Crippen MR) is 314 cm³/mol. The summed E-state index contributed by atoms with van der Waals surface area (Å²) in [4.78, 5) is 23.3. The Bertz CT molecular complexity index is 1310. The van der Waals surface area contributed by atoms with Crippen LogP contribution in [0, 0.1) is 0 Å². The van der Waals surface area contributed by atoms with Gasteiger partial charge in [-0.15, -0.1) is 0 Å². The first-order chi connectivity index (χ1) is 35.0. The summed E-state index contributed by atoms with van der Waals surface area (Å²) in [6, 6.07) is -0.856. The molecule has 0 aromatic rings. The second-order valence-electron chi connectivity index (χ2n) is 22.4. The van der Waals surface area contributed by atoms with Gasteiger partial charge in [-0.1, -0.05) is 281 Å². The minimum absolute atomic E-state index is 0.0579. The lowest BCUT2D eigenvalue weighted by atomic mass is 10.0. The number of hydrogen-bond acceptors (Lipinski definition) is 5. The number of unbranched alkanes of at least 4 members (excludes halogenated alkanes) is 38. The Morgan fingerprint density at radius 1 is 0.472 bits per heavy atom. The lowest BCUT2D eigenvalue weighted by Gasteiger charge is -2.25. The van der Waals surface area contributed by atoms with E-state index < -0.39 is 20.0 Å². The molecule has 1 amide bonds. The van der Waals surface area contributed by atoms with Crippen molar-refractivity contribution in [1.82, 2.24) is 5.32 Å². The fraction of sp³-hybridized carbons (Fsp3) is 0.857. The first kappa shape index (κ1) is 70.5. The van der Waals surface area contributed by atoms with E-state index >= 15 is 0 Å². The van der Waals surface area contributed by atoms with E-state index in [4.69, 9.17) is 9.05 Å². The molecule has 0 aliphatic heterocycles. The Morgan fingerprint density at radius 3 is 1.18 bits per heavy atom. The Morgan fingerprint density at radius 2 is 0.792 bits per heavy atom. The van der Waals surface area contributed by atoms with Gasteiger partial charge in [-0.25, -0.2) is 4.57 Å². The Hall–Kier alpha value is -1.54. The Labute approximate surface area is 448 Å². The van der Waals surface area contributed by atoms with Crippen LogP contribution >= 0.6 is 7.82 Å². The molecule has 424 valence electrons. The van der Waals surface area contributed by atoms with Gasteiger partial charge in [0.05, 0.1) is 39.9 Å². The maximum absolute atomic E-state index is 13.0. The van der Waals surface area contributed by atoms with Crippen molar-refractivity contribution >= 4 is 13.7 Å². The Kier molecular flexibility index (Phi) is 53.1. The number of rotatable bonds is 57. The number of carbonyl (C=O) groups is 1. The number of phosphoric acid groups is 1. The fourth-order valence-corrected chi connectivity index (χ4v) is 9.91. The molecule has 0 aromatic heterocycles. The molecule has 72 heavy (non-hydrogen) atoms. The summed E-state index contributed by atoms with van der Waals surface area (Å²) in [6.07, 6.45) is 72.3. The standard InChI is InChI=1S/C63H121N2O6P/c1-6-8-10-12-14-16-18-20-22-24-26-27-28-29-30-31-32-33-34-35-36-37-39-40-42-44-46-48-50-52-54-56-62(66)61(60-71-72(68,69)70-59-58-65(3,4)5)64-63(67)57-55-53-51-49-47-45-43-41-38-25-23-21-19-17-15-13-11-9-7-2/h15,17,21,23,38,41,54,56,61-62,66H,6-14,16,18-20,22,24-37,39-40,42-53,55,57-60H2,1-5H3,(H-,64,67,68,69)/p+1/b17-15-,23-21-,41-38-,56-54+. The largest absolute Gasteiger partial charge is 0.472 e. The molecule has 3 N–H and O–H groups in total. The number of likely N-dealkylation sites (N-methyl/N-ethyl adjacent to an activating group) is 1. The molecule has 0 spiro atoms. The quantitative estimate of drug-likeness (QED) is 0.0243. The van der Waals surface area contributed by atoms with Crippen LogP contribution in [0.15, 0.2) is 48.6 Å². The smallest absolute Gasteiger partial charge is 0.387 e. The first-order valence-electron chi connectivity index (χ1n) is 31.0. The second kappa shape index (κ2) is 54.3. The maximum Gasteiger partial charge on any atom is 0.472 e. The molecule has 0 heterocycles.